The third-order valence-corrected chi connectivity index (χ3v) is 4.18. The van der Waals surface area contributed by atoms with Crippen molar-refractivity contribution in [1.82, 2.24) is 15.1 Å². The van der Waals surface area contributed by atoms with Crippen LogP contribution in [0.4, 0.5) is 0 Å². The zero-order valence-electron chi connectivity index (χ0n) is 12.0. The van der Waals surface area contributed by atoms with Crippen molar-refractivity contribution in [3.8, 4) is 5.69 Å². The SMILES string of the molecule is c1ccc(-n2ccc(CNCCC3CCCC3)n2)cc1. The van der Waals surface area contributed by atoms with E-state index in [0.717, 1.165) is 30.4 Å². The summed E-state index contributed by atoms with van der Waals surface area (Å²) in [7, 11) is 0. The minimum absolute atomic E-state index is 0.868. The van der Waals surface area contributed by atoms with Crippen molar-refractivity contribution in [2.45, 2.75) is 38.6 Å². The summed E-state index contributed by atoms with van der Waals surface area (Å²) in [5.41, 5.74) is 2.23. The van der Waals surface area contributed by atoms with Crippen LogP contribution in [0.3, 0.4) is 0 Å². The maximum atomic E-state index is 4.60. The van der Waals surface area contributed by atoms with E-state index in [1.165, 1.54) is 32.1 Å². The van der Waals surface area contributed by atoms with Crippen LogP contribution in [0, 0.1) is 5.92 Å². The summed E-state index contributed by atoms with van der Waals surface area (Å²) in [6, 6.07) is 12.3. The fraction of sp³-hybridized carbons (Fsp3) is 0.471. The fourth-order valence-corrected chi connectivity index (χ4v) is 3.00. The molecule has 3 heteroatoms. The lowest BCUT2D eigenvalue weighted by atomic mass is 10.0. The molecule has 0 saturated heterocycles. The van der Waals surface area contributed by atoms with Crippen LogP contribution in [0.5, 0.6) is 0 Å². The van der Waals surface area contributed by atoms with Crippen molar-refractivity contribution in [3.63, 3.8) is 0 Å². The molecule has 20 heavy (non-hydrogen) atoms. The Morgan fingerprint density at radius 2 is 1.90 bits per heavy atom. The molecule has 0 radical (unpaired) electrons. The highest BCUT2D eigenvalue weighted by molar-refractivity contribution is 5.30. The van der Waals surface area contributed by atoms with Gasteiger partial charge in [0.2, 0.25) is 0 Å². The molecule has 1 saturated carbocycles. The van der Waals surface area contributed by atoms with Gasteiger partial charge in [0.05, 0.1) is 11.4 Å². The minimum Gasteiger partial charge on any atom is -0.311 e. The van der Waals surface area contributed by atoms with Gasteiger partial charge < -0.3 is 5.32 Å². The second-order valence-corrected chi connectivity index (χ2v) is 5.70. The van der Waals surface area contributed by atoms with Crippen molar-refractivity contribution < 1.29 is 0 Å². The molecule has 106 valence electrons. The molecule has 0 atom stereocenters. The molecule has 1 heterocycles. The van der Waals surface area contributed by atoms with E-state index < -0.39 is 0 Å². The fourth-order valence-electron chi connectivity index (χ4n) is 3.00. The molecule has 0 spiro atoms. The molecule has 1 aromatic heterocycles. The molecule has 0 bridgehead atoms. The number of benzene rings is 1. The monoisotopic (exact) mass is 269 g/mol. The van der Waals surface area contributed by atoms with Gasteiger partial charge in [0.25, 0.3) is 0 Å². The van der Waals surface area contributed by atoms with E-state index in [-0.39, 0.29) is 0 Å². The topological polar surface area (TPSA) is 29.9 Å². The summed E-state index contributed by atoms with van der Waals surface area (Å²) in [5, 5.41) is 8.12. The Balaban J connectivity index is 1.45. The molecule has 1 aliphatic carbocycles. The molecule has 3 rings (SSSR count). The average Bonchev–Trinajstić information content (AvgIpc) is 3.16. The van der Waals surface area contributed by atoms with Crippen molar-refractivity contribution in [1.29, 1.82) is 0 Å². The van der Waals surface area contributed by atoms with E-state index in [9.17, 15) is 0 Å². The largest absolute Gasteiger partial charge is 0.311 e. The van der Waals surface area contributed by atoms with Gasteiger partial charge in [-0.2, -0.15) is 5.10 Å². The van der Waals surface area contributed by atoms with E-state index in [2.05, 4.69) is 28.6 Å². The van der Waals surface area contributed by atoms with Crippen molar-refractivity contribution in [2.24, 2.45) is 5.92 Å². The van der Waals surface area contributed by atoms with Gasteiger partial charge in [0.1, 0.15) is 0 Å². The van der Waals surface area contributed by atoms with Crippen LogP contribution in [0.25, 0.3) is 5.69 Å². The van der Waals surface area contributed by atoms with E-state index >= 15 is 0 Å². The summed E-state index contributed by atoms with van der Waals surface area (Å²) in [5.74, 6) is 0.962. The lowest BCUT2D eigenvalue weighted by molar-refractivity contribution is 0.476. The number of rotatable bonds is 6. The predicted octanol–water partition coefficient (Wildman–Crippen LogP) is 3.54. The Bertz CT molecular complexity index is 512. The first kappa shape index (κ1) is 13.4. The number of hydrogen-bond acceptors (Lipinski definition) is 2. The number of nitrogens with one attached hydrogen (secondary N) is 1. The zero-order chi connectivity index (χ0) is 13.6. The number of aromatic nitrogens is 2. The van der Waals surface area contributed by atoms with Gasteiger partial charge in [-0.05, 0) is 37.1 Å². The van der Waals surface area contributed by atoms with Gasteiger partial charge in [0, 0.05) is 12.7 Å². The highest BCUT2D eigenvalue weighted by Gasteiger charge is 2.13. The number of hydrogen-bond donors (Lipinski definition) is 1. The van der Waals surface area contributed by atoms with E-state index in [1.807, 2.05) is 29.1 Å². The van der Waals surface area contributed by atoms with Crippen molar-refractivity contribution in [2.75, 3.05) is 6.54 Å². The van der Waals surface area contributed by atoms with Crippen LogP contribution >= 0.6 is 0 Å². The smallest absolute Gasteiger partial charge is 0.0766 e. The lowest BCUT2D eigenvalue weighted by Crippen LogP contribution is -2.17. The van der Waals surface area contributed by atoms with E-state index in [0.29, 0.717) is 0 Å². The Morgan fingerprint density at radius 1 is 1.10 bits per heavy atom. The summed E-state index contributed by atoms with van der Waals surface area (Å²) in [4.78, 5) is 0. The molecule has 3 nitrogen and oxygen atoms in total. The van der Waals surface area contributed by atoms with Gasteiger partial charge in [-0.25, -0.2) is 4.68 Å². The van der Waals surface area contributed by atoms with Gasteiger partial charge in [0.15, 0.2) is 0 Å². The third-order valence-electron chi connectivity index (χ3n) is 4.18. The van der Waals surface area contributed by atoms with Gasteiger partial charge in [-0.1, -0.05) is 43.9 Å². The van der Waals surface area contributed by atoms with Crippen LogP contribution in [0.1, 0.15) is 37.8 Å². The summed E-state index contributed by atoms with van der Waals surface area (Å²) in [6.07, 6.45) is 9.09. The molecule has 0 amide bonds. The molecule has 1 fully saturated rings. The molecule has 2 aromatic rings. The normalized spacial score (nSPS) is 15.8. The maximum Gasteiger partial charge on any atom is 0.0766 e. The molecular formula is C17H23N3. The Morgan fingerprint density at radius 3 is 2.70 bits per heavy atom. The highest BCUT2D eigenvalue weighted by Crippen LogP contribution is 2.26. The molecule has 1 aromatic carbocycles. The van der Waals surface area contributed by atoms with Gasteiger partial charge >= 0.3 is 0 Å². The van der Waals surface area contributed by atoms with Crippen LogP contribution in [-0.2, 0) is 6.54 Å². The average molecular weight is 269 g/mol. The van der Waals surface area contributed by atoms with Crippen LogP contribution in [0.15, 0.2) is 42.6 Å². The summed E-state index contributed by atoms with van der Waals surface area (Å²) in [6.45, 7) is 1.98. The molecule has 0 aliphatic heterocycles. The second kappa shape index (κ2) is 6.71. The highest BCUT2D eigenvalue weighted by atomic mass is 15.3. The summed E-state index contributed by atoms with van der Waals surface area (Å²) < 4.78 is 1.94. The number of para-hydroxylation sites is 1. The molecule has 0 unspecified atom stereocenters. The Labute approximate surface area is 121 Å². The summed E-state index contributed by atoms with van der Waals surface area (Å²) >= 11 is 0. The maximum absolute atomic E-state index is 4.60. The lowest BCUT2D eigenvalue weighted by Gasteiger charge is -2.08. The first-order chi connectivity index (χ1) is 9.92. The van der Waals surface area contributed by atoms with Gasteiger partial charge in [-0.15, -0.1) is 0 Å². The minimum atomic E-state index is 0.868. The first-order valence-electron chi connectivity index (χ1n) is 7.72. The van der Waals surface area contributed by atoms with E-state index in [4.69, 9.17) is 0 Å². The van der Waals surface area contributed by atoms with Crippen LogP contribution in [-0.4, -0.2) is 16.3 Å². The Kier molecular flexibility index (Phi) is 4.49. The van der Waals surface area contributed by atoms with E-state index in [1.54, 1.807) is 0 Å². The quantitative estimate of drug-likeness (QED) is 0.813. The van der Waals surface area contributed by atoms with Crippen molar-refractivity contribution in [3.05, 3.63) is 48.3 Å². The van der Waals surface area contributed by atoms with Crippen LogP contribution < -0.4 is 5.32 Å². The van der Waals surface area contributed by atoms with Crippen molar-refractivity contribution >= 4 is 0 Å². The Hall–Kier alpha value is -1.61. The first-order valence-corrected chi connectivity index (χ1v) is 7.72. The standard InChI is InChI=1S/C17H23N3/c1-2-8-17(9-3-1)20-13-11-16(19-20)14-18-12-10-15-6-4-5-7-15/h1-3,8-9,11,13,15,18H,4-7,10,12,14H2. The third kappa shape index (κ3) is 3.48. The zero-order valence-corrected chi connectivity index (χ0v) is 12.0. The van der Waals surface area contributed by atoms with Crippen LogP contribution in [0.2, 0.25) is 0 Å². The predicted molar refractivity (Wildman–Crippen MR) is 81.8 cm³/mol. The number of nitrogens with zero attached hydrogens (tertiary/aromatic N) is 2. The molecular weight excluding hydrogens is 246 g/mol. The second-order valence-electron chi connectivity index (χ2n) is 5.70. The molecule has 1 aliphatic rings. The molecule has 1 N–H and O–H groups in total. The van der Waals surface area contributed by atoms with Gasteiger partial charge in [-0.3, -0.25) is 0 Å².